The molecule has 1 atom stereocenters. The van der Waals surface area contributed by atoms with Crippen molar-refractivity contribution in [1.82, 2.24) is 10.3 Å². The molecule has 1 unspecified atom stereocenters. The molecule has 112 valence electrons. The number of hydrogen-bond donors (Lipinski definition) is 2. The summed E-state index contributed by atoms with van der Waals surface area (Å²) in [5.74, 6) is -0.0444. The van der Waals surface area contributed by atoms with Gasteiger partial charge in [-0.05, 0) is 26.3 Å². The second-order valence-corrected chi connectivity index (χ2v) is 5.18. The van der Waals surface area contributed by atoms with E-state index in [1.807, 2.05) is 13.0 Å². The molecule has 1 aromatic rings. The SMILES string of the molecule is CCCCCCC(C)NC(=O)c1cnccc1NCC. The molecule has 0 aromatic carbocycles. The fourth-order valence-electron chi connectivity index (χ4n) is 2.17. The molecule has 0 bridgehead atoms. The van der Waals surface area contributed by atoms with Gasteiger partial charge in [0.2, 0.25) is 0 Å². The number of hydrogen-bond acceptors (Lipinski definition) is 3. The first-order valence-electron chi connectivity index (χ1n) is 7.67. The van der Waals surface area contributed by atoms with E-state index in [-0.39, 0.29) is 11.9 Å². The van der Waals surface area contributed by atoms with Crippen molar-refractivity contribution in [3.05, 3.63) is 24.0 Å². The third-order valence-corrected chi connectivity index (χ3v) is 3.30. The molecule has 0 aliphatic rings. The van der Waals surface area contributed by atoms with Crippen molar-refractivity contribution in [2.24, 2.45) is 0 Å². The van der Waals surface area contributed by atoms with Gasteiger partial charge in [-0.15, -0.1) is 0 Å². The summed E-state index contributed by atoms with van der Waals surface area (Å²) in [6.07, 6.45) is 9.27. The highest BCUT2D eigenvalue weighted by Gasteiger charge is 2.13. The van der Waals surface area contributed by atoms with Gasteiger partial charge in [0.1, 0.15) is 0 Å². The molecule has 20 heavy (non-hydrogen) atoms. The molecule has 1 heterocycles. The van der Waals surface area contributed by atoms with Crippen LogP contribution in [0, 0.1) is 0 Å². The fraction of sp³-hybridized carbons (Fsp3) is 0.625. The molecule has 0 saturated carbocycles. The van der Waals surface area contributed by atoms with Crippen molar-refractivity contribution in [1.29, 1.82) is 0 Å². The average molecular weight is 277 g/mol. The van der Waals surface area contributed by atoms with E-state index in [0.29, 0.717) is 5.56 Å². The smallest absolute Gasteiger partial charge is 0.255 e. The Hall–Kier alpha value is -1.58. The van der Waals surface area contributed by atoms with Crippen LogP contribution in [-0.4, -0.2) is 23.5 Å². The van der Waals surface area contributed by atoms with Crippen LogP contribution in [0.2, 0.25) is 0 Å². The van der Waals surface area contributed by atoms with Gasteiger partial charge in [0.05, 0.1) is 11.3 Å². The quantitative estimate of drug-likeness (QED) is 0.678. The summed E-state index contributed by atoms with van der Waals surface area (Å²) < 4.78 is 0. The summed E-state index contributed by atoms with van der Waals surface area (Å²) in [5.41, 5.74) is 1.47. The minimum atomic E-state index is -0.0444. The number of nitrogens with zero attached hydrogens (tertiary/aromatic N) is 1. The molecule has 4 nitrogen and oxygen atoms in total. The molecule has 0 aliphatic carbocycles. The van der Waals surface area contributed by atoms with Gasteiger partial charge in [0.25, 0.3) is 5.91 Å². The number of carbonyl (C=O) groups is 1. The summed E-state index contributed by atoms with van der Waals surface area (Å²) in [6.45, 7) is 7.07. The highest BCUT2D eigenvalue weighted by atomic mass is 16.1. The van der Waals surface area contributed by atoms with Crippen molar-refractivity contribution in [2.45, 2.75) is 58.9 Å². The first kappa shape index (κ1) is 16.5. The lowest BCUT2D eigenvalue weighted by Gasteiger charge is -2.15. The van der Waals surface area contributed by atoms with Gasteiger partial charge in [-0.25, -0.2) is 0 Å². The predicted molar refractivity (Wildman–Crippen MR) is 84.1 cm³/mol. The number of anilines is 1. The Balaban J connectivity index is 2.49. The highest BCUT2D eigenvalue weighted by Crippen LogP contribution is 2.14. The largest absolute Gasteiger partial charge is 0.385 e. The maximum absolute atomic E-state index is 12.2. The second-order valence-electron chi connectivity index (χ2n) is 5.18. The Bertz CT molecular complexity index is 406. The standard InChI is InChI=1S/C16H27N3O/c1-4-6-7-8-9-13(3)19-16(20)14-12-17-11-10-15(14)18-5-2/h10-13H,4-9H2,1-3H3,(H,17,18)(H,19,20). The molecule has 1 rings (SSSR count). The monoisotopic (exact) mass is 277 g/mol. The van der Waals surface area contributed by atoms with Crippen molar-refractivity contribution >= 4 is 11.6 Å². The lowest BCUT2D eigenvalue weighted by molar-refractivity contribution is 0.0938. The summed E-state index contributed by atoms with van der Waals surface area (Å²) >= 11 is 0. The van der Waals surface area contributed by atoms with Gasteiger partial charge in [-0.2, -0.15) is 0 Å². The van der Waals surface area contributed by atoms with Crippen LogP contribution < -0.4 is 10.6 Å². The Morgan fingerprint density at radius 1 is 1.30 bits per heavy atom. The molecular formula is C16H27N3O. The number of rotatable bonds is 9. The molecule has 0 saturated heterocycles. The number of carbonyl (C=O) groups excluding carboxylic acids is 1. The second kappa shape index (κ2) is 9.34. The number of pyridine rings is 1. The summed E-state index contributed by atoms with van der Waals surface area (Å²) in [6, 6.07) is 2.04. The van der Waals surface area contributed by atoms with Crippen molar-refractivity contribution in [3.8, 4) is 0 Å². The summed E-state index contributed by atoms with van der Waals surface area (Å²) in [4.78, 5) is 16.3. The molecule has 0 radical (unpaired) electrons. The zero-order valence-corrected chi connectivity index (χ0v) is 12.9. The summed E-state index contributed by atoms with van der Waals surface area (Å²) in [7, 11) is 0. The lowest BCUT2D eigenvalue weighted by atomic mass is 10.1. The third-order valence-electron chi connectivity index (χ3n) is 3.30. The first-order chi connectivity index (χ1) is 9.69. The Kier molecular flexibility index (Phi) is 7.70. The zero-order valence-electron chi connectivity index (χ0n) is 12.9. The summed E-state index contributed by atoms with van der Waals surface area (Å²) in [5, 5.41) is 6.24. The minimum Gasteiger partial charge on any atom is -0.385 e. The van der Waals surface area contributed by atoms with Crippen LogP contribution in [-0.2, 0) is 0 Å². The van der Waals surface area contributed by atoms with Crippen molar-refractivity contribution in [2.75, 3.05) is 11.9 Å². The van der Waals surface area contributed by atoms with E-state index < -0.39 is 0 Å². The fourth-order valence-corrected chi connectivity index (χ4v) is 2.17. The molecule has 0 aliphatic heterocycles. The Morgan fingerprint density at radius 3 is 2.80 bits per heavy atom. The van der Waals surface area contributed by atoms with Crippen LogP contribution in [0.25, 0.3) is 0 Å². The van der Waals surface area contributed by atoms with E-state index in [1.165, 1.54) is 25.7 Å². The van der Waals surface area contributed by atoms with E-state index in [1.54, 1.807) is 12.4 Å². The van der Waals surface area contributed by atoms with E-state index in [0.717, 1.165) is 18.7 Å². The average Bonchev–Trinajstić information content (AvgIpc) is 2.44. The van der Waals surface area contributed by atoms with Crippen LogP contribution in [0.5, 0.6) is 0 Å². The molecule has 4 heteroatoms. The Morgan fingerprint density at radius 2 is 2.10 bits per heavy atom. The maximum Gasteiger partial charge on any atom is 0.255 e. The third kappa shape index (κ3) is 5.59. The molecule has 0 fully saturated rings. The van der Waals surface area contributed by atoms with Gasteiger partial charge in [-0.3, -0.25) is 9.78 Å². The predicted octanol–water partition coefficient (Wildman–Crippen LogP) is 3.60. The lowest BCUT2D eigenvalue weighted by Crippen LogP contribution is -2.33. The normalized spacial score (nSPS) is 11.9. The van der Waals surface area contributed by atoms with Crippen molar-refractivity contribution in [3.63, 3.8) is 0 Å². The minimum absolute atomic E-state index is 0.0444. The zero-order chi connectivity index (χ0) is 14.8. The highest BCUT2D eigenvalue weighted by molar-refractivity contribution is 5.99. The molecule has 2 N–H and O–H groups in total. The van der Waals surface area contributed by atoms with Gasteiger partial charge >= 0.3 is 0 Å². The van der Waals surface area contributed by atoms with Crippen LogP contribution in [0.4, 0.5) is 5.69 Å². The van der Waals surface area contributed by atoms with E-state index in [9.17, 15) is 4.79 Å². The topological polar surface area (TPSA) is 54.0 Å². The van der Waals surface area contributed by atoms with Crippen LogP contribution in [0.15, 0.2) is 18.5 Å². The molecule has 0 spiro atoms. The van der Waals surface area contributed by atoms with Gasteiger partial charge in [0, 0.05) is 25.0 Å². The van der Waals surface area contributed by atoms with Crippen LogP contribution in [0.3, 0.4) is 0 Å². The van der Waals surface area contributed by atoms with Crippen LogP contribution in [0.1, 0.15) is 63.2 Å². The Labute approximate surface area is 122 Å². The number of unbranched alkanes of at least 4 members (excludes halogenated alkanes) is 3. The number of nitrogens with one attached hydrogen (secondary N) is 2. The van der Waals surface area contributed by atoms with Crippen molar-refractivity contribution < 1.29 is 4.79 Å². The van der Waals surface area contributed by atoms with Gasteiger partial charge in [0.15, 0.2) is 0 Å². The van der Waals surface area contributed by atoms with E-state index in [2.05, 4.69) is 29.5 Å². The van der Waals surface area contributed by atoms with E-state index >= 15 is 0 Å². The number of aromatic nitrogens is 1. The maximum atomic E-state index is 12.2. The molecular weight excluding hydrogens is 250 g/mol. The number of amides is 1. The molecule has 1 amide bonds. The molecule has 1 aromatic heterocycles. The first-order valence-corrected chi connectivity index (χ1v) is 7.67. The van der Waals surface area contributed by atoms with Crippen LogP contribution >= 0.6 is 0 Å². The van der Waals surface area contributed by atoms with Gasteiger partial charge < -0.3 is 10.6 Å². The van der Waals surface area contributed by atoms with Gasteiger partial charge in [-0.1, -0.05) is 32.6 Å². The van der Waals surface area contributed by atoms with E-state index in [4.69, 9.17) is 0 Å².